The van der Waals surface area contributed by atoms with Crippen molar-refractivity contribution in [1.29, 1.82) is 0 Å². The van der Waals surface area contributed by atoms with Gasteiger partial charge in [-0.1, -0.05) is 41.5 Å². The standard InChI is InChI=1S/C27H38F2N4O4/c1-17(34)37-16-23(36)33(12-8-11-30-22(35)14-26(2,3)4)24(27(5,6)7)25-31-15-21(32-25)19-13-18(28)9-10-20(19)29/h9-10,13,15,24H,8,11-12,14,16H2,1-7H3,(H,30,35)(H,31,32)/t24-/m0/s1. The number of carbonyl (C=O) groups excluding carboxylic acids is 3. The highest BCUT2D eigenvalue weighted by molar-refractivity contribution is 5.80. The van der Waals surface area contributed by atoms with E-state index in [0.717, 1.165) is 18.2 Å². The van der Waals surface area contributed by atoms with Gasteiger partial charge in [0.1, 0.15) is 17.5 Å². The summed E-state index contributed by atoms with van der Waals surface area (Å²) in [6, 6.07) is 2.50. The molecule has 0 spiro atoms. The third-order valence-corrected chi connectivity index (χ3v) is 5.50. The number of ether oxygens (including phenoxy) is 1. The molecule has 0 saturated heterocycles. The van der Waals surface area contributed by atoms with Crippen molar-refractivity contribution >= 4 is 17.8 Å². The minimum Gasteiger partial charge on any atom is -0.456 e. The van der Waals surface area contributed by atoms with E-state index in [1.807, 2.05) is 41.5 Å². The summed E-state index contributed by atoms with van der Waals surface area (Å²) in [5.74, 6) is -1.95. The van der Waals surface area contributed by atoms with Gasteiger partial charge in [-0.25, -0.2) is 13.8 Å². The molecule has 0 unspecified atom stereocenters. The van der Waals surface area contributed by atoms with Crippen molar-refractivity contribution < 1.29 is 27.9 Å². The zero-order chi connectivity index (χ0) is 28.0. The molecular weight excluding hydrogens is 482 g/mol. The number of halogens is 2. The van der Waals surface area contributed by atoms with Crippen molar-refractivity contribution in [1.82, 2.24) is 20.2 Å². The second-order valence-electron chi connectivity index (χ2n) is 11.4. The van der Waals surface area contributed by atoms with Gasteiger partial charge in [-0.05, 0) is 35.4 Å². The van der Waals surface area contributed by atoms with Gasteiger partial charge in [0.25, 0.3) is 5.91 Å². The van der Waals surface area contributed by atoms with Gasteiger partial charge >= 0.3 is 5.97 Å². The number of benzene rings is 1. The number of amides is 2. The number of aromatic amines is 1. The van der Waals surface area contributed by atoms with Crippen LogP contribution >= 0.6 is 0 Å². The van der Waals surface area contributed by atoms with E-state index >= 15 is 0 Å². The number of rotatable bonds is 10. The Labute approximate surface area is 217 Å². The van der Waals surface area contributed by atoms with Gasteiger partial charge in [-0.3, -0.25) is 14.4 Å². The summed E-state index contributed by atoms with van der Waals surface area (Å²) < 4.78 is 33.1. The fraction of sp³-hybridized carbons (Fsp3) is 0.556. The second-order valence-corrected chi connectivity index (χ2v) is 11.4. The van der Waals surface area contributed by atoms with Crippen LogP contribution in [-0.2, 0) is 19.1 Å². The van der Waals surface area contributed by atoms with Crippen molar-refractivity contribution in [2.24, 2.45) is 10.8 Å². The molecular formula is C27H38F2N4O4. The van der Waals surface area contributed by atoms with Crippen LogP contribution in [0.15, 0.2) is 24.4 Å². The smallest absolute Gasteiger partial charge is 0.303 e. The maximum Gasteiger partial charge on any atom is 0.303 e. The van der Waals surface area contributed by atoms with E-state index in [9.17, 15) is 23.2 Å². The van der Waals surface area contributed by atoms with Gasteiger partial charge in [0.05, 0.1) is 11.7 Å². The topological polar surface area (TPSA) is 104 Å². The zero-order valence-electron chi connectivity index (χ0n) is 22.7. The summed E-state index contributed by atoms with van der Waals surface area (Å²) >= 11 is 0. The molecule has 0 fully saturated rings. The molecule has 2 N–H and O–H groups in total. The number of aromatic nitrogens is 2. The number of carbonyl (C=O) groups is 3. The van der Waals surface area contributed by atoms with Gasteiger partial charge in [-0.15, -0.1) is 0 Å². The van der Waals surface area contributed by atoms with E-state index in [1.54, 1.807) is 4.90 Å². The highest BCUT2D eigenvalue weighted by Crippen LogP contribution is 2.38. The lowest BCUT2D eigenvalue weighted by Crippen LogP contribution is -2.44. The monoisotopic (exact) mass is 520 g/mol. The molecule has 1 heterocycles. The van der Waals surface area contributed by atoms with Gasteiger partial charge in [0, 0.05) is 38.2 Å². The van der Waals surface area contributed by atoms with Crippen molar-refractivity contribution in [2.45, 2.75) is 67.3 Å². The van der Waals surface area contributed by atoms with E-state index in [4.69, 9.17) is 4.74 Å². The number of esters is 1. The number of nitrogens with one attached hydrogen (secondary N) is 2. The zero-order valence-corrected chi connectivity index (χ0v) is 22.7. The van der Waals surface area contributed by atoms with E-state index < -0.39 is 41.6 Å². The number of hydrogen-bond acceptors (Lipinski definition) is 5. The Bertz CT molecular complexity index is 1100. The lowest BCUT2D eigenvalue weighted by atomic mass is 9.84. The Balaban J connectivity index is 2.32. The molecule has 1 aromatic heterocycles. The van der Waals surface area contributed by atoms with E-state index in [-0.39, 0.29) is 29.1 Å². The first-order valence-corrected chi connectivity index (χ1v) is 12.3. The second kappa shape index (κ2) is 12.3. The van der Waals surface area contributed by atoms with Crippen LogP contribution in [0.4, 0.5) is 8.78 Å². The Morgan fingerprint density at radius 3 is 2.41 bits per heavy atom. The Morgan fingerprint density at radius 2 is 1.81 bits per heavy atom. The SMILES string of the molecule is CC(=O)OCC(=O)N(CCCNC(=O)CC(C)(C)C)[C@@H](c1nc(-c2cc(F)ccc2F)c[nH]1)C(C)(C)C. The van der Waals surface area contributed by atoms with Crippen LogP contribution in [0, 0.1) is 22.5 Å². The Hall–Kier alpha value is -3.30. The lowest BCUT2D eigenvalue weighted by molar-refractivity contribution is -0.152. The van der Waals surface area contributed by atoms with Gasteiger partial charge < -0.3 is 19.9 Å². The Kier molecular flexibility index (Phi) is 9.94. The van der Waals surface area contributed by atoms with Crippen molar-refractivity contribution in [3.63, 3.8) is 0 Å². The van der Waals surface area contributed by atoms with Crippen LogP contribution in [0.25, 0.3) is 11.3 Å². The van der Waals surface area contributed by atoms with Crippen molar-refractivity contribution in [3.8, 4) is 11.3 Å². The molecule has 2 amide bonds. The van der Waals surface area contributed by atoms with Crippen LogP contribution in [0.3, 0.4) is 0 Å². The summed E-state index contributed by atoms with van der Waals surface area (Å²) in [5.41, 5.74) is -0.500. The number of H-pyrrole nitrogens is 1. The molecule has 0 radical (unpaired) electrons. The molecule has 10 heteroatoms. The minimum atomic E-state index is -0.624. The van der Waals surface area contributed by atoms with Crippen LogP contribution < -0.4 is 5.32 Å². The van der Waals surface area contributed by atoms with Crippen LogP contribution in [0.2, 0.25) is 0 Å². The van der Waals surface area contributed by atoms with Crippen LogP contribution in [0.5, 0.6) is 0 Å². The summed E-state index contributed by atoms with van der Waals surface area (Å²) in [7, 11) is 0. The first-order chi connectivity index (χ1) is 17.1. The predicted molar refractivity (Wildman–Crippen MR) is 136 cm³/mol. The minimum absolute atomic E-state index is 0.00508. The Morgan fingerprint density at radius 1 is 1.14 bits per heavy atom. The molecule has 1 atom stereocenters. The lowest BCUT2D eigenvalue weighted by Gasteiger charge is -2.39. The normalized spacial score (nSPS) is 12.7. The molecule has 8 nitrogen and oxygen atoms in total. The quantitative estimate of drug-likeness (QED) is 0.347. The largest absolute Gasteiger partial charge is 0.456 e. The molecule has 0 bridgehead atoms. The molecule has 2 rings (SSSR count). The first-order valence-electron chi connectivity index (χ1n) is 12.3. The predicted octanol–water partition coefficient (Wildman–Crippen LogP) is 4.78. The fourth-order valence-electron chi connectivity index (χ4n) is 4.00. The molecule has 1 aromatic carbocycles. The summed E-state index contributed by atoms with van der Waals surface area (Å²) in [5, 5.41) is 2.88. The summed E-state index contributed by atoms with van der Waals surface area (Å²) in [6.07, 6.45) is 2.28. The maximum absolute atomic E-state index is 14.4. The third kappa shape index (κ3) is 9.26. The number of hydrogen-bond donors (Lipinski definition) is 2. The molecule has 0 saturated carbocycles. The van der Waals surface area contributed by atoms with Crippen LogP contribution in [0.1, 0.15) is 73.2 Å². The van der Waals surface area contributed by atoms with Crippen molar-refractivity contribution in [2.75, 3.05) is 19.7 Å². The molecule has 0 aliphatic carbocycles. The van der Waals surface area contributed by atoms with Crippen LogP contribution in [-0.4, -0.2) is 52.3 Å². The average molecular weight is 521 g/mol. The van der Waals surface area contributed by atoms with Crippen molar-refractivity contribution in [3.05, 3.63) is 41.9 Å². The summed E-state index contributed by atoms with van der Waals surface area (Å²) in [4.78, 5) is 45.8. The first kappa shape index (κ1) is 29.9. The molecule has 204 valence electrons. The molecule has 0 aliphatic rings. The highest BCUT2D eigenvalue weighted by Gasteiger charge is 2.37. The number of imidazole rings is 1. The maximum atomic E-state index is 14.4. The van der Waals surface area contributed by atoms with E-state index in [2.05, 4.69) is 15.3 Å². The summed E-state index contributed by atoms with van der Waals surface area (Å²) in [6.45, 7) is 13.0. The van der Waals surface area contributed by atoms with E-state index in [1.165, 1.54) is 13.1 Å². The van der Waals surface area contributed by atoms with Gasteiger partial charge in [0.2, 0.25) is 5.91 Å². The van der Waals surface area contributed by atoms with E-state index in [0.29, 0.717) is 25.2 Å². The average Bonchev–Trinajstić information content (AvgIpc) is 3.22. The highest BCUT2D eigenvalue weighted by atomic mass is 19.1. The van der Waals surface area contributed by atoms with Gasteiger partial charge in [-0.2, -0.15) is 0 Å². The fourth-order valence-corrected chi connectivity index (χ4v) is 4.00. The molecule has 2 aromatic rings. The molecule has 0 aliphatic heterocycles. The molecule has 37 heavy (non-hydrogen) atoms. The number of nitrogens with zero attached hydrogens (tertiary/aromatic N) is 2. The van der Waals surface area contributed by atoms with Gasteiger partial charge in [0.15, 0.2) is 6.61 Å². The third-order valence-electron chi connectivity index (χ3n) is 5.50.